The first-order chi connectivity index (χ1) is 10.0. The van der Waals surface area contributed by atoms with E-state index in [2.05, 4.69) is 4.72 Å². The summed E-state index contributed by atoms with van der Waals surface area (Å²) in [5.74, 6) is 0.689. The van der Waals surface area contributed by atoms with Gasteiger partial charge in [0.25, 0.3) is 0 Å². The molecule has 0 saturated heterocycles. The quantitative estimate of drug-likeness (QED) is 0.631. The lowest BCUT2D eigenvalue weighted by Gasteiger charge is -2.10. The monoisotopic (exact) mass is 317 g/mol. The molecule has 6 nitrogen and oxygen atoms in total. The van der Waals surface area contributed by atoms with Crippen molar-refractivity contribution < 1.29 is 23.0 Å². The second kappa shape index (κ2) is 8.99. The molecule has 1 aromatic carbocycles. The maximum absolute atomic E-state index is 12.1. The van der Waals surface area contributed by atoms with Gasteiger partial charge < -0.3 is 14.6 Å². The first kappa shape index (κ1) is 17.9. The van der Waals surface area contributed by atoms with Crippen LogP contribution in [0.3, 0.4) is 0 Å². The van der Waals surface area contributed by atoms with Crippen LogP contribution in [0.2, 0.25) is 0 Å². The van der Waals surface area contributed by atoms with Gasteiger partial charge in [-0.25, -0.2) is 13.1 Å². The number of aryl methyl sites for hydroxylation is 1. The lowest BCUT2D eigenvalue weighted by molar-refractivity contribution is 0.0913. The third-order valence-electron chi connectivity index (χ3n) is 2.75. The summed E-state index contributed by atoms with van der Waals surface area (Å²) in [4.78, 5) is 0.222. The Morgan fingerprint density at radius 2 is 2.05 bits per heavy atom. The highest BCUT2D eigenvalue weighted by Gasteiger charge is 2.14. The first-order valence-electron chi connectivity index (χ1n) is 6.93. The van der Waals surface area contributed by atoms with E-state index in [0.29, 0.717) is 31.9 Å². The molecule has 0 saturated carbocycles. The first-order valence-corrected chi connectivity index (χ1v) is 8.41. The van der Waals surface area contributed by atoms with Crippen molar-refractivity contribution in [2.75, 3.05) is 33.0 Å². The summed E-state index contributed by atoms with van der Waals surface area (Å²) in [6.07, 6.45) is 0.551. The van der Waals surface area contributed by atoms with Crippen molar-refractivity contribution in [3.8, 4) is 5.75 Å². The van der Waals surface area contributed by atoms with Gasteiger partial charge in [-0.15, -0.1) is 0 Å². The number of ether oxygens (including phenoxy) is 2. The van der Waals surface area contributed by atoms with Crippen molar-refractivity contribution in [3.63, 3.8) is 0 Å². The average Bonchev–Trinajstić information content (AvgIpc) is 2.45. The van der Waals surface area contributed by atoms with Crippen molar-refractivity contribution in [2.24, 2.45) is 0 Å². The molecule has 0 aromatic heterocycles. The molecule has 1 aromatic rings. The van der Waals surface area contributed by atoms with Crippen LogP contribution < -0.4 is 9.46 Å². The Bertz CT molecular complexity index is 530. The van der Waals surface area contributed by atoms with E-state index in [1.165, 1.54) is 6.07 Å². The molecule has 0 aliphatic carbocycles. The zero-order chi connectivity index (χ0) is 15.7. The fourth-order valence-corrected chi connectivity index (χ4v) is 2.90. The van der Waals surface area contributed by atoms with Crippen LogP contribution in [0.5, 0.6) is 5.75 Å². The van der Waals surface area contributed by atoms with Gasteiger partial charge in [0.05, 0.1) is 24.7 Å². The molecular weight excluding hydrogens is 294 g/mol. The summed E-state index contributed by atoms with van der Waals surface area (Å²) in [5, 5.41) is 8.54. The van der Waals surface area contributed by atoms with Crippen molar-refractivity contribution in [3.05, 3.63) is 23.8 Å². The van der Waals surface area contributed by atoms with Gasteiger partial charge >= 0.3 is 0 Å². The Morgan fingerprint density at radius 3 is 2.67 bits per heavy atom. The number of sulfonamides is 1. The molecule has 1 rings (SSSR count). The van der Waals surface area contributed by atoms with Crippen molar-refractivity contribution >= 4 is 10.0 Å². The maximum atomic E-state index is 12.1. The highest BCUT2D eigenvalue weighted by atomic mass is 32.2. The SMILES string of the molecule is CCOc1ccc(S(=O)(=O)NCCCOCCO)cc1C. The molecule has 0 bridgehead atoms. The van der Waals surface area contributed by atoms with Gasteiger partial charge in [0.1, 0.15) is 5.75 Å². The average molecular weight is 317 g/mol. The molecule has 21 heavy (non-hydrogen) atoms. The maximum Gasteiger partial charge on any atom is 0.240 e. The van der Waals surface area contributed by atoms with Crippen LogP contribution in [-0.4, -0.2) is 46.5 Å². The number of rotatable bonds is 10. The van der Waals surface area contributed by atoms with E-state index in [0.717, 1.165) is 5.56 Å². The van der Waals surface area contributed by atoms with Gasteiger partial charge in [0.2, 0.25) is 10.0 Å². The second-order valence-electron chi connectivity index (χ2n) is 4.45. The number of benzene rings is 1. The number of aliphatic hydroxyl groups excluding tert-OH is 1. The Kier molecular flexibility index (Phi) is 7.66. The molecule has 0 amide bonds. The van der Waals surface area contributed by atoms with E-state index in [-0.39, 0.29) is 18.1 Å². The van der Waals surface area contributed by atoms with Crippen LogP contribution in [0.25, 0.3) is 0 Å². The molecule has 2 N–H and O–H groups in total. The van der Waals surface area contributed by atoms with E-state index in [4.69, 9.17) is 14.6 Å². The van der Waals surface area contributed by atoms with Crippen molar-refractivity contribution in [2.45, 2.75) is 25.2 Å². The smallest absolute Gasteiger partial charge is 0.240 e. The molecular formula is C14H23NO5S. The molecule has 0 radical (unpaired) electrons. The summed E-state index contributed by atoms with van der Waals surface area (Å²) in [7, 11) is -3.52. The molecule has 0 unspecified atom stereocenters. The predicted molar refractivity (Wildman–Crippen MR) is 80.1 cm³/mol. The van der Waals surface area contributed by atoms with Crippen molar-refractivity contribution in [1.82, 2.24) is 4.72 Å². The lowest BCUT2D eigenvalue weighted by atomic mass is 10.2. The fourth-order valence-electron chi connectivity index (χ4n) is 1.74. The largest absolute Gasteiger partial charge is 0.494 e. The second-order valence-corrected chi connectivity index (χ2v) is 6.21. The third-order valence-corrected chi connectivity index (χ3v) is 4.21. The molecule has 0 aliphatic rings. The van der Waals surface area contributed by atoms with Gasteiger partial charge in [-0.2, -0.15) is 0 Å². The van der Waals surface area contributed by atoms with Crippen molar-refractivity contribution in [1.29, 1.82) is 0 Å². The minimum Gasteiger partial charge on any atom is -0.494 e. The summed E-state index contributed by atoms with van der Waals surface area (Å²) in [6.45, 7) is 5.17. The Labute approximate surface area is 126 Å². The number of hydrogen-bond donors (Lipinski definition) is 2. The van der Waals surface area contributed by atoms with Crippen LogP contribution in [0.15, 0.2) is 23.1 Å². The Hall–Kier alpha value is -1.15. The van der Waals surface area contributed by atoms with Crippen LogP contribution in [-0.2, 0) is 14.8 Å². The van der Waals surface area contributed by atoms with Crippen LogP contribution >= 0.6 is 0 Å². The number of hydrogen-bond acceptors (Lipinski definition) is 5. The highest BCUT2D eigenvalue weighted by Crippen LogP contribution is 2.21. The summed E-state index contributed by atoms with van der Waals surface area (Å²) in [5.41, 5.74) is 0.783. The normalized spacial score (nSPS) is 11.6. The van der Waals surface area contributed by atoms with E-state index in [1.54, 1.807) is 12.1 Å². The van der Waals surface area contributed by atoms with Crippen LogP contribution in [0.4, 0.5) is 0 Å². The minimum absolute atomic E-state index is 0.0306. The predicted octanol–water partition coefficient (Wildman–Crippen LogP) is 1.07. The lowest BCUT2D eigenvalue weighted by Crippen LogP contribution is -2.25. The topological polar surface area (TPSA) is 84.9 Å². The van der Waals surface area contributed by atoms with E-state index >= 15 is 0 Å². The standard InChI is InChI=1S/C14H23NO5S/c1-3-20-14-6-5-13(11-12(14)2)21(17,18)15-7-4-9-19-10-8-16/h5-6,11,15-16H,3-4,7-10H2,1-2H3. The van der Waals surface area contributed by atoms with Gasteiger partial charge in [0.15, 0.2) is 0 Å². The molecule has 7 heteroatoms. The summed E-state index contributed by atoms with van der Waals surface area (Å²) in [6, 6.07) is 4.79. The molecule has 0 aliphatic heterocycles. The van der Waals surface area contributed by atoms with E-state index in [1.807, 2.05) is 13.8 Å². The van der Waals surface area contributed by atoms with E-state index in [9.17, 15) is 8.42 Å². The van der Waals surface area contributed by atoms with Gasteiger partial charge in [0, 0.05) is 13.2 Å². The molecule has 0 atom stereocenters. The number of nitrogens with one attached hydrogen (secondary N) is 1. The van der Waals surface area contributed by atoms with Gasteiger partial charge in [-0.05, 0) is 44.0 Å². The number of aliphatic hydroxyl groups is 1. The molecule has 0 fully saturated rings. The molecule has 0 heterocycles. The zero-order valence-corrected chi connectivity index (χ0v) is 13.3. The summed E-state index contributed by atoms with van der Waals surface area (Å²) >= 11 is 0. The Morgan fingerprint density at radius 1 is 1.29 bits per heavy atom. The third kappa shape index (κ3) is 6.01. The van der Waals surface area contributed by atoms with Gasteiger partial charge in [-0.3, -0.25) is 0 Å². The van der Waals surface area contributed by atoms with E-state index < -0.39 is 10.0 Å². The fraction of sp³-hybridized carbons (Fsp3) is 0.571. The molecule has 0 spiro atoms. The summed E-state index contributed by atoms with van der Waals surface area (Å²) < 4.78 is 37.2. The minimum atomic E-state index is -3.52. The Balaban J connectivity index is 2.56. The molecule has 120 valence electrons. The van der Waals surface area contributed by atoms with Crippen LogP contribution in [0.1, 0.15) is 18.9 Å². The highest BCUT2D eigenvalue weighted by molar-refractivity contribution is 7.89. The van der Waals surface area contributed by atoms with Crippen LogP contribution in [0, 0.1) is 6.92 Å². The zero-order valence-electron chi connectivity index (χ0n) is 12.5. The van der Waals surface area contributed by atoms with Gasteiger partial charge in [-0.1, -0.05) is 0 Å².